The summed E-state index contributed by atoms with van der Waals surface area (Å²) in [6.45, 7) is 0. The number of hydrogen-bond donors (Lipinski definition) is 2. The summed E-state index contributed by atoms with van der Waals surface area (Å²) in [6, 6.07) is 7.91. The zero-order valence-corrected chi connectivity index (χ0v) is 14.3. The van der Waals surface area contributed by atoms with Crippen molar-refractivity contribution in [3.8, 4) is 11.5 Å². The van der Waals surface area contributed by atoms with Crippen LogP contribution < -0.4 is 14.2 Å². The van der Waals surface area contributed by atoms with Gasteiger partial charge < -0.3 is 14.6 Å². The van der Waals surface area contributed by atoms with E-state index in [0.717, 1.165) is 6.07 Å². The molecule has 2 rings (SSSR count). The van der Waals surface area contributed by atoms with Crippen molar-refractivity contribution in [3.63, 3.8) is 0 Å². The van der Waals surface area contributed by atoms with Gasteiger partial charge in [0, 0.05) is 18.2 Å². The van der Waals surface area contributed by atoms with E-state index >= 15 is 0 Å². The number of anilines is 1. The first-order valence-electron chi connectivity index (χ1n) is 6.55. The van der Waals surface area contributed by atoms with E-state index in [2.05, 4.69) is 4.72 Å². The lowest BCUT2D eigenvalue weighted by Gasteiger charge is -2.12. The fourth-order valence-electron chi connectivity index (χ4n) is 1.92. The maximum absolute atomic E-state index is 12.5. The Balaban J connectivity index is 2.46. The lowest BCUT2D eigenvalue weighted by Crippen LogP contribution is -2.14. The Kier molecular flexibility index (Phi) is 5.20. The highest BCUT2D eigenvalue weighted by atomic mass is 35.5. The van der Waals surface area contributed by atoms with Crippen molar-refractivity contribution >= 4 is 33.3 Å². The molecule has 2 N–H and O–H groups in total. The first-order chi connectivity index (χ1) is 11.3. The van der Waals surface area contributed by atoms with E-state index in [-0.39, 0.29) is 21.2 Å². The smallest absolute Gasteiger partial charge is 0.335 e. The number of rotatable bonds is 6. The third-order valence-corrected chi connectivity index (χ3v) is 4.93. The van der Waals surface area contributed by atoms with Crippen molar-refractivity contribution in [2.75, 3.05) is 18.9 Å². The first kappa shape index (κ1) is 17.9. The van der Waals surface area contributed by atoms with Crippen molar-refractivity contribution in [1.82, 2.24) is 0 Å². The molecule has 9 heteroatoms. The molecule has 0 aliphatic carbocycles. The fourth-order valence-corrected chi connectivity index (χ4v) is 3.49. The molecule has 0 unspecified atom stereocenters. The van der Waals surface area contributed by atoms with Crippen molar-refractivity contribution in [3.05, 3.63) is 47.0 Å². The summed E-state index contributed by atoms with van der Waals surface area (Å²) in [7, 11) is -1.24. The number of carbonyl (C=O) groups is 1. The van der Waals surface area contributed by atoms with E-state index in [1.54, 1.807) is 6.07 Å². The number of benzene rings is 2. The number of methoxy groups -OCH3 is 2. The largest absolute Gasteiger partial charge is 0.497 e. The molecule has 0 aliphatic rings. The van der Waals surface area contributed by atoms with Gasteiger partial charge in [0.25, 0.3) is 10.0 Å². The van der Waals surface area contributed by atoms with Crippen LogP contribution in [0.3, 0.4) is 0 Å². The van der Waals surface area contributed by atoms with Crippen molar-refractivity contribution < 1.29 is 27.8 Å². The number of hydrogen-bond acceptors (Lipinski definition) is 5. The van der Waals surface area contributed by atoms with Crippen LogP contribution >= 0.6 is 11.6 Å². The van der Waals surface area contributed by atoms with Crippen LogP contribution in [0, 0.1) is 0 Å². The zero-order valence-electron chi connectivity index (χ0n) is 12.7. The van der Waals surface area contributed by atoms with Gasteiger partial charge in [-0.05, 0) is 18.2 Å². The standard InChI is InChI=1S/C15H14ClNO6S/c1-22-11-6-10(7-12(8-11)23-2)17-24(20,21)14-5-9(15(18)19)3-4-13(14)16/h3-8,17H,1-2H3,(H,18,19). The van der Waals surface area contributed by atoms with Gasteiger partial charge in [0.05, 0.1) is 30.5 Å². The van der Waals surface area contributed by atoms with Gasteiger partial charge in [0.1, 0.15) is 16.4 Å². The number of ether oxygens (including phenoxy) is 2. The highest BCUT2D eigenvalue weighted by molar-refractivity contribution is 7.92. The van der Waals surface area contributed by atoms with Gasteiger partial charge in [-0.25, -0.2) is 13.2 Å². The molecule has 0 bridgehead atoms. The van der Waals surface area contributed by atoms with Gasteiger partial charge >= 0.3 is 5.97 Å². The third-order valence-electron chi connectivity index (χ3n) is 3.07. The molecule has 0 saturated heterocycles. The maximum Gasteiger partial charge on any atom is 0.335 e. The Labute approximate surface area is 143 Å². The summed E-state index contributed by atoms with van der Waals surface area (Å²) < 4.78 is 37.5. The Hall–Kier alpha value is -2.45. The molecule has 24 heavy (non-hydrogen) atoms. The quantitative estimate of drug-likeness (QED) is 0.809. The molecule has 0 amide bonds. The van der Waals surface area contributed by atoms with E-state index in [1.807, 2.05) is 0 Å². The lowest BCUT2D eigenvalue weighted by atomic mass is 10.2. The number of carboxylic acids is 1. The minimum atomic E-state index is -4.11. The molecule has 0 spiro atoms. The first-order valence-corrected chi connectivity index (χ1v) is 8.41. The monoisotopic (exact) mass is 371 g/mol. The molecule has 0 aromatic heterocycles. The molecule has 0 radical (unpaired) electrons. The summed E-state index contributed by atoms with van der Waals surface area (Å²) in [4.78, 5) is 10.7. The lowest BCUT2D eigenvalue weighted by molar-refractivity contribution is 0.0696. The van der Waals surface area contributed by atoms with E-state index in [0.29, 0.717) is 11.5 Å². The summed E-state index contributed by atoms with van der Waals surface area (Å²) in [5.74, 6) is -0.485. The van der Waals surface area contributed by atoms with Crippen LogP contribution in [0.4, 0.5) is 5.69 Å². The summed E-state index contributed by atoms with van der Waals surface area (Å²) >= 11 is 5.91. The van der Waals surface area contributed by atoms with Crippen LogP contribution in [-0.2, 0) is 10.0 Å². The minimum absolute atomic E-state index is 0.0950. The molecule has 128 valence electrons. The molecular formula is C15H14ClNO6S. The number of halogens is 1. The maximum atomic E-state index is 12.5. The second kappa shape index (κ2) is 6.98. The summed E-state index contributed by atoms with van der Waals surface area (Å²) in [6.07, 6.45) is 0. The molecule has 2 aromatic rings. The van der Waals surface area contributed by atoms with Crippen molar-refractivity contribution in [2.24, 2.45) is 0 Å². The average molecular weight is 372 g/mol. The molecule has 0 heterocycles. The minimum Gasteiger partial charge on any atom is -0.497 e. The van der Waals surface area contributed by atoms with E-state index in [9.17, 15) is 13.2 Å². The summed E-state index contributed by atoms with van der Waals surface area (Å²) in [5, 5.41) is 8.91. The van der Waals surface area contributed by atoms with Crippen LogP contribution in [0.15, 0.2) is 41.3 Å². The van der Waals surface area contributed by atoms with Gasteiger partial charge in [-0.3, -0.25) is 4.72 Å². The zero-order chi connectivity index (χ0) is 17.9. The Bertz CT molecular complexity index is 859. The Morgan fingerprint density at radius 1 is 1.08 bits per heavy atom. The highest BCUT2D eigenvalue weighted by Crippen LogP contribution is 2.29. The predicted molar refractivity (Wildman–Crippen MR) is 88.8 cm³/mol. The Morgan fingerprint density at radius 2 is 1.67 bits per heavy atom. The normalized spacial score (nSPS) is 11.0. The van der Waals surface area contributed by atoms with Gasteiger partial charge in [-0.2, -0.15) is 0 Å². The van der Waals surface area contributed by atoms with Crippen molar-refractivity contribution in [1.29, 1.82) is 0 Å². The van der Waals surface area contributed by atoms with Crippen LogP contribution in [0.5, 0.6) is 11.5 Å². The molecule has 0 fully saturated rings. The second-order valence-electron chi connectivity index (χ2n) is 4.66. The molecule has 2 aromatic carbocycles. The Morgan fingerprint density at radius 3 is 2.17 bits per heavy atom. The van der Waals surface area contributed by atoms with Gasteiger partial charge in [0.15, 0.2) is 0 Å². The van der Waals surface area contributed by atoms with Crippen LogP contribution in [0.1, 0.15) is 10.4 Å². The fraction of sp³-hybridized carbons (Fsp3) is 0.133. The molecule has 0 atom stereocenters. The third kappa shape index (κ3) is 3.90. The second-order valence-corrected chi connectivity index (χ2v) is 6.72. The SMILES string of the molecule is COc1cc(NS(=O)(=O)c2cc(C(=O)O)ccc2Cl)cc(OC)c1. The number of aromatic carboxylic acids is 1. The molecular weight excluding hydrogens is 358 g/mol. The molecule has 7 nitrogen and oxygen atoms in total. The van der Waals surface area contributed by atoms with Crippen LogP contribution in [-0.4, -0.2) is 33.7 Å². The van der Waals surface area contributed by atoms with Crippen LogP contribution in [0.2, 0.25) is 5.02 Å². The summed E-state index contributed by atoms with van der Waals surface area (Å²) in [5.41, 5.74) is -0.00834. The van der Waals surface area contributed by atoms with Gasteiger partial charge in [-0.15, -0.1) is 0 Å². The van der Waals surface area contributed by atoms with Crippen LogP contribution in [0.25, 0.3) is 0 Å². The molecule has 0 aliphatic heterocycles. The topological polar surface area (TPSA) is 102 Å². The van der Waals surface area contributed by atoms with Gasteiger partial charge in [0.2, 0.25) is 0 Å². The van der Waals surface area contributed by atoms with E-state index < -0.39 is 16.0 Å². The highest BCUT2D eigenvalue weighted by Gasteiger charge is 2.21. The van der Waals surface area contributed by atoms with Gasteiger partial charge in [-0.1, -0.05) is 11.6 Å². The number of nitrogens with one attached hydrogen (secondary N) is 1. The van der Waals surface area contributed by atoms with E-state index in [1.165, 1.54) is 38.5 Å². The van der Waals surface area contributed by atoms with E-state index in [4.69, 9.17) is 26.2 Å². The number of carboxylic acid groups (broad SMARTS) is 1. The molecule has 0 saturated carbocycles. The predicted octanol–water partition coefficient (Wildman–Crippen LogP) is 2.86. The number of sulfonamides is 1. The van der Waals surface area contributed by atoms with Crippen molar-refractivity contribution in [2.45, 2.75) is 4.90 Å². The average Bonchev–Trinajstić information content (AvgIpc) is 2.53.